The monoisotopic (exact) mass is 425 g/mol. The molecule has 0 unspecified atom stereocenters. The molecule has 0 aromatic heterocycles. The number of nitriles is 1. The molecule has 0 spiro atoms. The van der Waals surface area contributed by atoms with Crippen LogP contribution in [0.5, 0.6) is 0 Å². The highest BCUT2D eigenvalue weighted by Gasteiger charge is 2.25. The smallest absolute Gasteiger partial charge is 0.196 e. The lowest BCUT2D eigenvalue weighted by Gasteiger charge is -2.32. The molecule has 31 heavy (non-hydrogen) atoms. The fourth-order valence-electron chi connectivity index (χ4n) is 5.35. The van der Waals surface area contributed by atoms with Gasteiger partial charge in [-0.1, -0.05) is 50.5 Å². The average molecular weight is 426 g/mol. The molecule has 0 heterocycles. The normalized spacial score (nSPS) is 27.1. The van der Waals surface area contributed by atoms with E-state index in [1.165, 1.54) is 87.8 Å². The second-order valence-corrected chi connectivity index (χ2v) is 9.78. The highest BCUT2D eigenvalue weighted by atomic mass is 19.1. The van der Waals surface area contributed by atoms with Gasteiger partial charge in [0.25, 0.3) is 0 Å². The number of rotatable bonds is 10. The van der Waals surface area contributed by atoms with Gasteiger partial charge in [-0.2, -0.15) is 9.65 Å². The second kappa shape index (κ2) is 13.0. The first-order valence-corrected chi connectivity index (χ1v) is 12.6. The fraction of sp³-hybridized carbons (Fsp3) is 0.679. The van der Waals surface area contributed by atoms with E-state index in [4.69, 9.17) is 10.00 Å². The molecule has 0 atom stereocenters. The van der Waals surface area contributed by atoms with Crippen LogP contribution in [-0.4, -0.2) is 12.7 Å². The number of hydrogen-bond donors (Lipinski definition) is 0. The summed E-state index contributed by atoms with van der Waals surface area (Å²) in [4.78, 5) is 0. The van der Waals surface area contributed by atoms with Gasteiger partial charge in [0, 0.05) is 6.61 Å². The molecule has 170 valence electrons. The molecule has 0 amide bonds. The zero-order chi connectivity index (χ0) is 21.9. The molecule has 2 aliphatic carbocycles. The Labute approximate surface area is 188 Å². The largest absolute Gasteiger partial charge is 0.378 e. The Kier molecular flexibility index (Phi) is 10.1. The summed E-state index contributed by atoms with van der Waals surface area (Å²) in [6, 6.07) is 10.9. The van der Waals surface area contributed by atoms with Crippen molar-refractivity contribution in [2.24, 2.45) is 11.8 Å². The lowest BCUT2D eigenvalue weighted by Crippen LogP contribution is -2.25. The number of hydrogen-bond acceptors (Lipinski definition) is 2. The fourth-order valence-corrected chi connectivity index (χ4v) is 5.35. The third-order valence-corrected chi connectivity index (χ3v) is 7.48. The van der Waals surface area contributed by atoms with E-state index in [9.17, 15) is 4.39 Å². The molecule has 2 aliphatic rings. The maximum atomic E-state index is 12.9. The molecule has 2 fully saturated rings. The molecule has 1 aromatic carbocycles. The van der Waals surface area contributed by atoms with Gasteiger partial charge in [-0.25, -0.2) is 0 Å². The lowest BCUT2D eigenvalue weighted by molar-refractivity contribution is -0.00474. The summed E-state index contributed by atoms with van der Waals surface area (Å²) < 4.78 is 19.2. The van der Waals surface area contributed by atoms with Gasteiger partial charge in [-0.05, 0) is 99.2 Å². The number of allylic oxidation sites excluding steroid dienone is 2. The zero-order valence-electron chi connectivity index (χ0n) is 19.3. The minimum absolute atomic E-state index is 0.442. The van der Waals surface area contributed by atoms with E-state index < -0.39 is 5.83 Å². The van der Waals surface area contributed by atoms with Crippen LogP contribution in [0.4, 0.5) is 4.39 Å². The minimum atomic E-state index is -0.638. The van der Waals surface area contributed by atoms with Crippen molar-refractivity contribution >= 4 is 0 Å². The van der Waals surface area contributed by atoms with Crippen LogP contribution >= 0.6 is 0 Å². The molecule has 1 aromatic rings. The van der Waals surface area contributed by atoms with Crippen molar-refractivity contribution < 1.29 is 9.13 Å². The Balaban J connectivity index is 1.30. The molecule has 0 saturated heterocycles. The van der Waals surface area contributed by atoms with Crippen LogP contribution in [0.15, 0.2) is 36.2 Å². The summed E-state index contributed by atoms with van der Waals surface area (Å²) in [5.41, 5.74) is 2.99. The standard InChI is InChI=1S/C28H40FNO/c1-2-3-5-22-12-14-25(15-13-22)26-16-18-28(19-17-26)31-21-24-10-8-23(9-11-24)6-4-7-27(29)20-30/h7,12-15,23-24,26,28H,2-6,8-11,16-19,21H2,1H3/b27-7-. The molecule has 0 bridgehead atoms. The molecule has 0 aliphatic heterocycles. The minimum Gasteiger partial charge on any atom is -0.378 e. The van der Waals surface area contributed by atoms with Gasteiger partial charge >= 0.3 is 0 Å². The van der Waals surface area contributed by atoms with E-state index in [1.807, 2.05) is 0 Å². The summed E-state index contributed by atoms with van der Waals surface area (Å²) in [7, 11) is 0. The van der Waals surface area contributed by atoms with E-state index in [0.717, 1.165) is 13.0 Å². The number of halogens is 1. The van der Waals surface area contributed by atoms with Crippen molar-refractivity contribution in [3.8, 4) is 6.07 Å². The van der Waals surface area contributed by atoms with Crippen molar-refractivity contribution in [2.75, 3.05) is 6.61 Å². The molecular weight excluding hydrogens is 385 g/mol. The van der Waals surface area contributed by atoms with Crippen molar-refractivity contribution in [3.63, 3.8) is 0 Å². The number of ether oxygens (including phenoxy) is 1. The maximum Gasteiger partial charge on any atom is 0.196 e. The van der Waals surface area contributed by atoms with Gasteiger partial charge in [0.05, 0.1) is 6.10 Å². The second-order valence-electron chi connectivity index (χ2n) is 9.78. The summed E-state index contributed by atoms with van der Waals surface area (Å²) in [6.07, 6.45) is 17.1. The maximum absolute atomic E-state index is 12.9. The van der Waals surface area contributed by atoms with Crippen LogP contribution in [0.25, 0.3) is 0 Å². The Morgan fingerprint density at radius 3 is 2.35 bits per heavy atom. The van der Waals surface area contributed by atoms with Gasteiger partial charge in [0.2, 0.25) is 0 Å². The zero-order valence-corrected chi connectivity index (χ0v) is 19.3. The van der Waals surface area contributed by atoms with Crippen LogP contribution in [0.3, 0.4) is 0 Å². The predicted octanol–water partition coefficient (Wildman–Crippen LogP) is 8.04. The quantitative estimate of drug-likeness (QED) is 0.355. The highest BCUT2D eigenvalue weighted by molar-refractivity contribution is 5.26. The number of unbranched alkanes of at least 4 members (excludes halogenated alkanes) is 1. The lowest BCUT2D eigenvalue weighted by atomic mass is 9.80. The molecule has 0 N–H and O–H groups in total. The molecule has 3 rings (SSSR count). The Morgan fingerprint density at radius 2 is 1.71 bits per heavy atom. The third-order valence-electron chi connectivity index (χ3n) is 7.48. The number of benzene rings is 1. The van der Waals surface area contributed by atoms with E-state index in [-0.39, 0.29) is 0 Å². The predicted molar refractivity (Wildman–Crippen MR) is 125 cm³/mol. The number of nitrogens with zero attached hydrogens (tertiary/aromatic N) is 1. The van der Waals surface area contributed by atoms with E-state index in [2.05, 4.69) is 31.2 Å². The first kappa shape index (κ1) is 24.0. The molecule has 2 saturated carbocycles. The van der Waals surface area contributed by atoms with Crippen LogP contribution in [0.1, 0.15) is 101 Å². The van der Waals surface area contributed by atoms with Gasteiger partial charge in [-0.3, -0.25) is 0 Å². The van der Waals surface area contributed by atoms with Crippen molar-refractivity contribution in [1.29, 1.82) is 5.26 Å². The van der Waals surface area contributed by atoms with Crippen LogP contribution in [0, 0.1) is 23.2 Å². The van der Waals surface area contributed by atoms with E-state index >= 15 is 0 Å². The van der Waals surface area contributed by atoms with Gasteiger partial charge < -0.3 is 4.74 Å². The SMILES string of the molecule is CCCCc1ccc(C2CCC(OCC3CCC(CC/C=C(\F)C#N)CC3)CC2)cc1. The molecular formula is C28H40FNO. The summed E-state index contributed by atoms with van der Waals surface area (Å²) in [5.74, 6) is 1.44. The van der Waals surface area contributed by atoms with Crippen LogP contribution < -0.4 is 0 Å². The first-order valence-electron chi connectivity index (χ1n) is 12.6. The molecule has 3 heteroatoms. The Hall–Kier alpha value is -1.66. The summed E-state index contributed by atoms with van der Waals surface area (Å²) in [6.45, 7) is 3.17. The summed E-state index contributed by atoms with van der Waals surface area (Å²) in [5, 5.41) is 8.47. The third kappa shape index (κ3) is 8.08. The van der Waals surface area contributed by atoms with E-state index in [0.29, 0.717) is 30.3 Å². The Bertz CT molecular complexity index is 704. The Morgan fingerprint density at radius 1 is 1.03 bits per heavy atom. The van der Waals surface area contributed by atoms with Crippen molar-refractivity contribution in [1.82, 2.24) is 0 Å². The van der Waals surface area contributed by atoms with Crippen LogP contribution in [-0.2, 0) is 11.2 Å². The summed E-state index contributed by atoms with van der Waals surface area (Å²) >= 11 is 0. The first-order chi connectivity index (χ1) is 15.2. The highest BCUT2D eigenvalue weighted by Crippen LogP contribution is 2.36. The van der Waals surface area contributed by atoms with E-state index in [1.54, 1.807) is 6.07 Å². The van der Waals surface area contributed by atoms with Crippen molar-refractivity contribution in [2.45, 2.75) is 102 Å². The topological polar surface area (TPSA) is 33.0 Å². The molecule has 2 nitrogen and oxygen atoms in total. The molecule has 0 radical (unpaired) electrons. The van der Waals surface area contributed by atoms with Gasteiger partial charge in [-0.15, -0.1) is 0 Å². The van der Waals surface area contributed by atoms with Crippen LogP contribution in [0.2, 0.25) is 0 Å². The van der Waals surface area contributed by atoms with Gasteiger partial charge in [0.1, 0.15) is 6.07 Å². The van der Waals surface area contributed by atoms with Crippen molar-refractivity contribution in [3.05, 3.63) is 47.3 Å². The van der Waals surface area contributed by atoms with Gasteiger partial charge in [0.15, 0.2) is 5.83 Å². The average Bonchev–Trinajstić information content (AvgIpc) is 2.83. The number of aryl methyl sites for hydroxylation is 1.